The van der Waals surface area contributed by atoms with Crippen molar-refractivity contribution in [3.63, 3.8) is 0 Å². The standard InChI is InChI=1S/C9H9NO3/c11-6-3-1-2-5-7(12)4-8(13)10-9(5)6/h4H,1-3H2,(H2,10,12,13). The number of aromatic amines is 1. The fourth-order valence-electron chi connectivity index (χ4n) is 1.62. The molecule has 0 saturated carbocycles. The topological polar surface area (TPSA) is 70.2 Å². The molecule has 0 aliphatic heterocycles. The van der Waals surface area contributed by atoms with Crippen molar-refractivity contribution in [2.45, 2.75) is 19.3 Å². The van der Waals surface area contributed by atoms with Gasteiger partial charge >= 0.3 is 0 Å². The van der Waals surface area contributed by atoms with Crippen molar-refractivity contribution in [2.75, 3.05) is 0 Å². The Bertz CT molecular complexity index is 419. The third kappa shape index (κ3) is 1.24. The number of rotatable bonds is 0. The van der Waals surface area contributed by atoms with Gasteiger partial charge in [-0.2, -0.15) is 0 Å². The van der Waals surface area contributed by atoms with Gasteiger partial charge in [-0.15, -0.1) is 0 Å². The molecule has 2 rings (SSSR count). The number of aromatic nitrogens is 1. The molecule has 0 atom stereocenters. The summed E-state index contributed by atoms with van der Waals surface area (Å²) < 4.78 is 0. The van der Waals surface area contributed by atoms with E-state index < -0.39 is 5.56 Å². The average Bonchev–Trinajstić information content (AvgIpc) is 2.07. The number of ketones is 1. The van der Waals surface area contributed by atoms with Crippen LogP contribution in [-0.2, 0) is 6.42 Å². The molecule has 1 aliphatic carbocycles. The summed E-state index contributed by atoms with van der Waals surface area (Å²) in [4.78, 5) is 24.7. The number of Topliss-reactive ketones (excluding diaryl/α,β-unsaturated/α-hetero) is 1. The van der Waals surface area contributed by atoms with Gasteiger partial charge in [0.2, 0.25) is 0 Å². The molecular formula is C9H9NO3. The Labute approximate surface area is 74.2 Å². The first-order valence-corrected chi connectivity index (χ1v) is 4.17. The van der Waals surface area contributed by atoms with E-state index in [2.05, 4.69) is 4.98 Å². The molecule has 0 saturated heterocycles. The van der Waals surface area contributed by atoms with E-state index in [1.807, 2.05) is 0 Å². The van der Waals surface area contributed by atoms with Crippen molar-refractivity contribution in [2.24, 2.45) is 0 Å². The number of carbonyl (C=O) groups is 1. The summed E-state index contributed by atoms with van der Waals surface area (Å²) >= 11 is 0. The van der Waals surface area contributed by atoms with Crippen molar-refractivity contribution in [3.8, 4) is 5.75 Å². The lowest BCUT2D eigenvalue weighted by atomic mass is 9.94. The van der Waals surface area contributed by atoms with Gasteiger partial charge in [-0.3, -0.25) is 9.59 Å². The third-order valence-electron chi connectivity index (χ3n) is 2.24. The van der Waals surface area contributed by atoms with Crippen LogP contribution in [0.2, 0.25) is 0 Å². The summed E-state index contributed by atoms with van der Waals surface area (Å²) in [6.07, 6.45) is 1.85. The lowest BCUT2D eigenvalue weighted by molar-refractivity contribution is 0.0966. The highest BCUT2D eigenvalue weighted by Gasteiger charge is 2.20. The molecule has 0 spiro atoms. The Morgan fingerprint density at radius 3 is 2.85 bits per heavy atom. The molecule has 0 unspecified atom stereocenters. The summed E-state index contributed by atoms with van der Waals surface area (Å²) in [6.45, 7) is 0. The van der Waals surface area contributed by atoms with E-state index >= 15 is 0 Å². The first-order valence-electron chi connectivity index (χ1n) is 4.17. The van der Waals surface area contributed by atoms with Crippen molar-refractivity contribution < 1.29 is 9.90 Å². The molecule has 4 heteroatoms. The largest absolute Gasteiger partial charge is 0.507 e. The summed E-state index contributed by atoms with van der Waals surface area (Å²) in [5.41, 5.74) is 0.443. The fraction of sp³-hybridized carbons (Fsp3) is 0.333. The molecule has 1 aliphatic rings. The van der Waals surface area contributed by atoms with Crippen molar-refractivity contribution in [1.82, 2.24) is 4.98 Å². The van der Waals surface area contributed by atoms with Crippen LogP contribution < -0.4 is 5.56 Å². The smallest absolute Gasteiger partial charge is 0.252 e. The monoisotopic (exact) mass is 179 g/mol. The average molecular weight is 179 g/mol. The zero-order chi connectivity index (χ0) is 9.42. The van der Waals surface area contributed by atoms with Gasteiger partial charge < -0.3 is 10.1 Å². The van der Waals surface area contributed by atoms with Gasteiger partial charge in [0.1, 0.15) is 5.75 Å². The van der Waals surface area contributed by atoms with Crippen LogP contribution >= 0.6 is 0 Å². The van der Waals surface area contributed by atoms with Gasteiger partial charge in [-0.1, -0.05) is 0 Å². The number of H-pyrrole nitrogens is 1. The minimum absolute atomic E-state index is 0.0631. The summed E-state index contributed by atoms with van der Waals surface area (Å²) in [6, 6.07) is 1.11. The zero-order valence-electron chi connectivity index (χ0n) is 6.96. The number of fused-ring (bicyclic) bond motifs is 1. The Hall–Kier alpha value is -1.58. The first kappa shape index (κ1) is 8.04. The number of aromatic hydroxyl groups is 1. The second-order valence-electron chi connectivity index (χ2n) is 3.15. The van der Waals surface area contributed by atoms with E-state index in [9.17, 15) is 14.7 Å². The van der Waals surface area contributed by atoms with E-state index in [1.54, 1.807) is 0 Å². The van der Waals surface area contributed by atoms with Crippen molar-refractivity contribution in [1.29, 1.82) is 0 Å². The second kappa shape index (κ2) is 2.73. The molecule has 1 aromatic rings. The van der Waals surface area contributed by atoms with Crippen molar-refractivity contribution >= 4 is 5.78 Å². The van der Waals surface area contributed by atoms with Crippen LogP contribution in [0.1, 0.15) is 28.9 Å². The van der Waals surface area contributed by atoms with Crippen LogP contribution in [0, 0.1) is 0 Å². The van der Waals surface area contributed by atoms with E-state index in [1.165, 1.54) is 0 Å². The maximum atomic E-state index is 11.3. The molecule has 68 valence electrons. The predicted octanol–water partition coefficient (Wildman–Crippen LogP) is 0.600. The fourth-order valence-corrected chi connectivity index (χ4v) is 1.62. The Morgan fingerprint density at radius 2 is 2.08 bits per heavy atom. The first-order chi connectivity index (χ1) is 6.18. The SMILES string of the molecule is O=C1CCCc2c(O)cc(=O)[nH]c21. The molecule has 0 bridgehead atoms. The second-order valence-corrected chi connectivity index (χ2v) is 3.15. The van der Waals surface area contributed by atoms with Gasteiger partial charge in [0, 0.05) is 18.1 Å². The molecule has 4 nitrogen and oxygen atoms in total. The Morgan fingerprint density at radius 1 is 1.31 bits per heavy atom. The predicted molar refractivity (Wildman–Crippen MR) is 46.0 cm³/mol. The van der Waals surface area contributed by atoms with Crippen LogP contribution in [0.4, 0.5) is 0 Å². The molecule has 0 aromatic carbocycles. The molecular weight excluding hydrogens is 170 g/mol. The quantitative estimate of drug-likeness (QED) is 0.612. The van der Waals surface area contributed by atoms with E-state index in [4.69, 9.17) is 0 Å². The number of nitrogens with one attached hydrogen (secondary N) is 1. The van der Waals surface area contributed by atoms with Gasteiger partial charge in [-0.05, 0) is 12.8 Å². The van der Waals surface area contributed by atoms with Crippen LogP contribution in [0.5, 0.6) is 5.75 Å². The zero-order valence-corrected chi connectivity index (χ0v) is 6.96. The normalized spacial score (nSPS) is 15.5. The highest BCUT2D eigenvalue weighted by Crippen LogP contribution is 2.25. The van der Waals surface area contributed by atoms with E-state index in [0.717, 1.165) is 12.5 Å². The highest BCUT2D eigenvalue weighted by molar-refractivity contribution is 5.97. The highest BCUT2D eigenvalue weighted by atomic mass is 16.3. The van der Waals surface area contributed by atoms with Gasteiger partial charge in [-0.25, -0.2) is 0 Å². The summed E-state index contributed by atoms with van der Waals surface area (Å²) in [5, 5.41) is 9.38. The molecule has 0 fully saturated rings. The van der Waals surface area contributed by atoms with Gasteiger partial charge in [0.15, 0.2) is 5.78 Å². The Kier molecular flexibility index (Phi) is 1.69. The summed E-state index contributed by atoms with van der Waals surface area (Å²) in [5.74, 6) is -0.152. The molecule has 2 N–H and O–H groups in total. The van der Waals surface area contributed by atoms with Gasteiger partial charge in [0.05, 0.1) is 5.69 Å². The van der Waals surface area contributed by atoms with Crippen LogP contribution in [-0.4, -0.2) is 15.9 Å². The third-order valence-corrected chi connectivity index (χ3v) is 2.24. The lowest BCUT2D eigenvalue weighted by Gasteiger charge is -2.14. The number of pyridine rings is 1. The summed E-state index contributed by atoms with van der Waals surface area (Å²) in [7, 11) is 0. The minimum Gasteiger partial charge on any atom is -0.507 e. The minimum atomic E-state index is -0.425. The van der Waals surface area contributed by atoms with Crippen LogP contribution in [0.15, 0.2) is 10.9 Å². The molecule has 0 amide bonds. The van der Waals surface area contributed by atoms with Crippen LogP contribution in [0.25, 0.3) is 0 Å². The number of hydrogen-bond donors (Lipinski definition) is 2. The lowest BCUT2D eigenvalue weighted by Crippen LogP contribution is -2.19. The molecule has 0 radical (unpaired) electrons. The number of hydrogen-bond acceptors (Lipinski definition) is 3. The van der Waals surface area contributed by atoms with E-state index in [0.29, 0.717) is 18.4 Å². The van der Waals surface area contributed by atoms with Gasteiger partial charge in [0.25, 0.3) is 5.56 Å². The van der Waals surface area contributed by atoms with E-state index in [-0.39, 0.29) is 17.2 Å². The number of carbonyl (C=O) groups excluding carboxylic acids is 1. The maximum Gasteiger partial charge on any atom is 0.252 e. The maximum absolute atomic E-state index is 11.3. The Balaban J connectivity index is 2.70. The van der Waals surface area contributed by atoms with Crippen molar-refractivity contribution in [3.05, 3.63) is 27.7 Å². The molecule has 1 heterocycles. The van der Waals surface area contributed by atoms with Crippen LogP contribution in [0.3, 0.4) is 0 Å². The molecule has 1 aromatic heterocycles. The molecule has 13 heavy (non-hydrogen) atoms.